The Morgan fingerprint density at radius 3 is 2.48 bits per heavy atom. The van der Waals surface area contributed by atoms with E-state index < -0.39 is 22.5 Å². The number of aliphatic carboxylic acids is 1. The summed E-state index contributed by atoms with van der Waals surface area (Å²) in [4.78, 5) is 11.2. The third-order valence-electron chi connectivity index (χ3n) is 3.50. The molecule has 2 rings (SSSR count). The van der Waals surface area contributed by atoms with E-state index >= 15 is 0 Å². The number of hydrogen-bond donors (Lipinski definition) is 1. The Bertz CT molecular complexity index is 642. The zero-order valence-corrected chi connectivity index (χ0v) is 15.1. The molecule has 1 aromatic carbocycles. The van der Waals surface area contributed by atoms with Gasteiger partial charge in [0.25, 0.3) is 0 Å². The molecule has 0 spiro atoms. The highest BCUT2D eigenvalue weighted by Crippen LogP contribution is 2.32. The molecule has 5 nitrogen and oxygen atoms in total. The van der Waals surface area contributed by atoms with Gasteiger partial charge in [-0.2, -0.15) is 4.31 Å². The maximum Gasteiger partial charge on any atom is 0.318 e. The van der Waals surface area contributed by atoms with E-state index in [0.717, 1.165) is 17.1 Å². The molecule has 1 fully saturated rings. The van der Waals surface area contributed by atoms with Gasteiger partial charge in [0.05, 0.1) is 4.90 Å². The number of sulfonamides is 1. The van der Waals surface area contributed by atoms with E-state index in [1.807, 2.05) is 0 Å². The Balaban J connectivity index is 2.45. The summed E-state index contributed by atoms with van der Waals surface area (Å²) in [5.41, 5.74) is 0. The minimum absolute atomic E-state index is 0.0880. The van der Waals surface area contributed by atoms with Crippen molar-refractivity contribution in [3.8, 4) is 0 Å². The summed E-state index contributed by atoms with van der Waals surface area (Å²) in [5.74, 6) is -1.14. The first kappa shape index (κ1) is 16.9. The minimum Gasteiger partial charge on any atom is -0.480 e. The van der Waals surface area contributed by atoms with Crippen LogP contribution in [0.2, 0.25) is 0 Å². The zero-order chi connectivity index (χ0) is 15.6. The molecule has 1 aliphatic rings. The van der Waals surface area contributed by atoms with E-state index in [1.54, 1.807) is 12.1 Å². The standard InChI is InChI=1S/C13H15Br2NO4S/c14-9-5-6-11(15)12(7-9)21(19,20)16(8-13(17)18)10-3-1-2-4-10/h5-7,10H,1-4,8H2,(H,17,18). The van der Waals surface area contributed by atoms with Gasteiger partial charge in [0.1, 0.15) is 6.54 Å². The van der Waals surface area contributed by atoms with Crippen LogP contribution >= 0.6 is 31.9 Å². The molecule has 0 atom stereocenters. The molecular weight excluding hydrogens is 426 g/mol. The number of carbonyl (C=O) groups is 1. The predicted molar refractivity (Wildman–Crippen MR) is 85.6 cm³/mol. The molecule has 8 heteroatoms. The molecule has 0 aromatic heterocycles. The lowest BCUT2D eigenvalue weighted by atomic mass is 10.2. The summed E-state index contributed by atoms with van der Waals surface area (Å²) in [5, 5.41) is 9.05. The normalized spacial score (nSPS) is 16.5. The highest BCUT2D eigenvalue weighted by atomic mass is 79.9. The second kappa shape index (κ2) is 6.76. The molecular formula is C13H15Br2NO4S. The van der Waals surface area contributed by atoms with Gasteiger partial charge in [-0.15, -0.1) is 0 Å². The van der Waals surface area contributed by atoms with Crippen molar-refractivity contribution >= 4 is 47.9 Å². The SMILES string of the molecule is O=C(O)CN(C1CCCC1)S(=O)(=O)c1cc(Br)ccc1Br. The fourth-order valence-corrected chi connectivity index (χ4v) is 5.64. The highest BCUT2D eigenvalue weighted by Gasteiger charge is 2.35. The van der Waals surface area contributed by atoms with Crippen LogP contribution in [0.15, 0.2) is 32.0 Å². The van der Waals surface area contributed by atoms with Gasteiger partial charge in [0.2, 0.25) is 10.0 Å². The average molecular weight is 441 g/mol. The van der Waals surface area contributed by atoms with E-state index in [1.165, 1.54) is 6.07 Å². The predicted octanol–water partition coefficient (Wildman–Crippen LogP) is 3.23. The maximum absolute atomic E-state index is 12.8. The number of nitrogens with zero attached hydrogens (tertiary/aromatic N) is 1. The molecule has 0 amide bonds. The van der Waals surface area contributed by atoms with Crippen LogP contribution in [0.1, 0.15) is 25.7 Å². The first-order valence-electron chi connectivity index (χ1n) is 6.51. The number of carboxylic acids is 1. The van der Waals surface area contributed by atoms with Crippen LogP contribution in [0, 0.1) is 0 Å². The van der Waals surface area contributed by atoms with Gasteiger partial charge in [0.15, 0.2) is 0 Å². The lowest BCUT2D eigenvalue weighted by Crippen LogP contribution is -2.42. The Morgan fingerprint density at radius 1 is 1.29 bits per heavy atom. The largest absolute Gasteiger partial charge is 0.480 e. The smallest absolute Gasteiger partial charge is 0.318 e. The quantitative estimate of drug-likeness (QED) is 0.762. The molecule has 1 N–H and O–H groups in total. The highest BCUT2D eigenvalue weighted by molar-refractivity contribution is 9.11. The van der Waals surface area contributed by atoms with Crippen molar-refractivity contribution in [3.05, 3.63) is 27.1 Å². The molecule has 21 heavy (non-hydrogen) atoms. The van der Waals surface area contributed by atoms with E-state index in [0.29, 0.717) is 21.8 Å². The number of rotatable bonds is 5. The van der Waals surface area contributed by atoms with Crippen molar-refractivity contribution in [2.24, 2.45) is 0 Å². The van der Waals surface area contributed by atoms with Crippen LogP contribution in [0.4, 0.5) is 0 Å². The Morgan fingerprint density at radius 2 is 1.90 bits per heavy atom. The van der Waals surface area contributed by atoms with E-state index in [2.05, 4.69) is 31.9 Å². The van der Waals surface area contributed by atoms with Gasteiger partial charge in [-0.05, 0) is 47.0 Å². The fraction of sp³-hybridized carbons (Fsp3) is 0.462. The summed E-state index contributed by atoms with van der Waals surface area (Å²) < 4.78 is 27.9. The van der Waals surface area contributed by atoms with Gasteiger partial charge in [-0.1, -0.05) is 28.8 Å². The third kappa shape index (κ3) is 3.85. The summed E-state index contributed by atoms with van der Waals surface area (Å²) in [6.45, 7) is -0.508. The van der Waals surface area contributed by atoms with Gasteiger partial charge >= 0.3 is 5.97 Å². The minimum atomic E-state index is -3.86. The van der Waals surface area contributed by atoms with E-state index in [4.69, 9.17) is 5.11 Å². The number of halogens is 2. The maximum atomic E-state index is 12.8. The van der Waals surface area contributed by atoms with Gasteiger partial charge in [0, 0.05) is 15.0 Å². The van der Waals surface area contributed by atoms with Gasteiger partial charge in [-0.25, -0.2) is 8.42 Å². The zero-order valence-electron chi connectivity index (χ0n) is 11.1. The van der Waals surface area contributed by atoms with Crippen molar-refractivity contribution in [1.82, 2.24) is 4.31 Å². The van der Waals surface area contributed by atoms with Crippen molar-refractivity contribution < 1.29 is 18.3 Å². The van der Waals surface area contributed by atoms with Crippen molar-refractivity contribution in [1.29, 1.82) is 0 Å². The van der Waals surface area contributed by atoms with Crippen molar-refractivity contribution in [3.63, 3.8) is 0 Å². The summed E-state index contributed by atoms with van der Waals surface area (Å²) in [6.07, 6.45) is 3.27. The van der Waals surface area contributed by atoms with Gasteiger partial charge in [-0.3, -0.25) is 4.79 Å². The molecule has 0 aliphatic heterocycles. The molecule has 0 saturated heterocycles. The van der Waals surface area contributed by atoms with E-state index in [-0.39, 0.29) is 10.9 Å². The Labute approximate surface area is 140 Å². The van der Waals surface area contributed by atoms with Crippen LogP contribution < -0.4 is 0 Å². The first-order valence-corrected chi connectivity index (χ1v) is 9.53. The number of benzene rings is 1. The second-order valence-corrected chi connectivity index (χ2v) is 8.59. The van der Waals surface area contributed by atoms with Crippen LogP contribution in [0.25, 0.3) is 0 Å². The van der Waals surface area contributed by atoms with Crippen molar-refractivity contribution in [2.45, 2.75) is 36.6 Å². The molecule has 1 saturated carbocycles. The topological polar surface area (TPSA) is 74.7 Å². The lowest BCUT2D eigenvalue weighted by Gasteiger charge is -2.27. The van der Waals surface area contributed by atoms with Crippen molar-refractivity contribution in [2.75, 3.05) is 6.54 Å². The van der Waals surface area contributed by atoms with Crippen LogP contribution in [0.3, 0.4) is 0 Å². The molecule has 116 valence electrons. The molecule has 0 radical (unpaired) electrons. The summed E-state index contributed by atoms with van der Waals surface area (Å²) in [6, 6.07) is 4.60. The molecule has 0 unspecified atom stereocenters. The van der Waals surface area contributed by atoms with Gasteiger partial charge < -0.3 is 5.11 Å². The summed E-state index contributed by atoms with van der Waals surface area (Å²) >= 11 is 6.49. The molecule has 1 aromatic rings. The Kier molecular flexibility index (Phi) is 5.45. The Hall–Kier alpha value is -0.440. The number of hydrogen-bond acceptors (Lipinski definition) is 3. The van der Waals surface area contributed by atoms with Crippen LogP contribution in [-0.4, -0.2) is 36.4 Å². The van der Waals surface area contributed by atoms with Crippen LogP contribution in [-0.2, 0) is 14.8 Å². The monoisotopic (exact) mass is 439 g/mol. The second-order valence-electron chi connectivity index (χ2n) is 4.96. The molecule has 0 bridgehead atoms. The van der Waals surface area contributed by atoms with E-state index in [9.17, 15) is 13.2 Å². The number of carboxylic acid groups (broad SMARTS) is 1. The average Bonchev–Trinajstić information content (AvgIpc) is 2.92. The van der Waals surface area contributed by atoms with Crippen LogP contribution in [0.5, 0.6) is 0 Å². The molecule has 1 aliphatic carbocycles. The lowest BCUT2D eigenvalue weighted by molar-refractivity contribution is -0.137. The summed E-state index contributed by atoms with van der Waals surface area (Å²) in [7, 11) is -3.86. The molecule has 0 heterocycles. The fourth-order valence-electron chi connectivity index (χ4n) is 2.54. The first-order chi connectivity index (χ1) is 9.82. The third-order valence-corrected chi connectivity index (χ3v) is 6.89.